The highest BCUT2D eigenvalue weighted by Gasteiger charge is 2.26. The fourth-order valence-corrected chi connectivity index (χ4v) is 2.85. The molecule has 0 aliphatic heterocycles. The lowest BCUT2D eigenvalue weighted by atomic mass is 9.97. The second kappa shape index (κ2) is 7.26. The van der Waals surface area contributed by atoms with Crippen LogP contribution in [0.3, 0.4) is 0 Å². The van der Waals surface area contributed by atoms with Gasteiger partial charge in [-0.3, -0.25) is 10.1 Å². The molecule has 2 unspecified atom stereocenters. The van der Waals surface area contributed by atoms with Crippen molar-refractivity contribution in [2.24, 2.45) is 17.6 Å². The van der Waals surface area contributed by atoms with E-state index in [0.717, 1.165) is 12.8 Å². The molecule has 1 aromatic carbocycles. The topological polar surface area (TPSA) is 87.6 Å². The second-order valence-corrected chi connectivity index (χ2v) is 5.32. The maximum absolute atomic E-state index is 10.9. The Kier molecular flexibility index (Phi) is 5.38. The summed E-state index contributed by atoms with van der Waals surface area (Å²) >= 11 is 0. The van der Waals surface area contributed by atoms with Crippen LogP contribution in [0.5, 0.6) is 11.5 Å². The Morgan fingerprint density at radius 2 is 2.10 bits per heavy atom. The summed E-state index contributed by atoms with van der Waals surface area (Å²) in [6.45, 7) is 3.47. The number of ether oxygens (including phenoxy) is 2. The van der Waals surface area contributed by atoms with Crippen molar-refractivity contribution < 1.29 is 14.4 Å². The summed E-state index contributed by atoms with van der Waals surface area (Å²) in [5, 5.41) is 10.9. The fraction of sp³-hybridized carbons (Fsp3) is 0.600. The monoisotopic (exact) mass is 294 g/mol. The van der Waals surface area contributed by atoms with E-state index in [1.807, 2.05) is 0 Å². The minimum Gasteiger partial charge on any atom is -0.493 e. The number of rotatable bonds is 7. The molecule has 0 saturated heterocycles. The van der Waals surface area contributed by atoms with Gasteiger partial charge in [-0.2, -0.15) is 0 Å². The molecule has 1 saturated carbocycles. The van der Waals surface area contributed by atoms with Crippen molar-refractivity contribution in [1.29, 1.82) is 0 Å². The summed E-state index contributed by atoms with van der Waals surface area (Å²) in [5.41, 5.74) is 5.72. The first kappa shape index (κ1) is 15.6. The molecule has 0 radical (unpaired) electrons. The van der Waals surface area contributed by atoms with Crippen molar-refractivity contribution in [3.8, 4) is 11.5 Å². The molecule has 0 bridgehead atoms. The summed E-state index contributed by atoms with van der Waals surface area (Å²) in [4.78, 5) is 10.5. The van der Waals surface area contributed by atoms with Gasteiger partial charge in [-0.15, -0.1) is 0 Å². The highest BCUT2D eigenvalue weighted by Crippen LogP contribution is 2.34. The van der Waals surface area contributed by atoms with E-state index >= 15 is 0 Å². The van der Waals surface area contributed by atoms with Crippen LogP contribution in [0.2, 0.25) is 0 Å². The van der Waals surface area contributed by atoms with Crippen molar-refractivity contribution in [2.45, 2.75) is 26.2 Å². The van der Waals surface area contributed by atoms with E-state index in [4.69, 9.17) is 15.2 Å². The van der Waals surface area contributed by atoms with Crippen molar-refractivity contribution in [2.75, 3.05) is 19.8 Å². The third-order valence-electron chi connectivity index (χ3n) is 4.01. The van der Waals surface area contributed by atoms with Gasteiger partial charge >= 0.3 is 5.69 Å². The average Bonchev–Trinajstić information content (AvgIpc) is 2.93. The smallest absolute Gasteiger partial charge is 0.311 e. The SMILES string of the molecule is CCOc1cc(OCC2CCCC2CN)ccc1[N+](=O)[O-]. The molecule has 1 aromatic rings. The van der Waals surface area contributed by atoms with Gasteiger partial charge in [0.25, 0.3) is 0 Å². The molecule has 0 heterocycles. The first-order valence-electron chi connectivity index (χ1n) is 7.39. The predicted octanol–water partition coefficient (Wildman–Crippen LogP) is 2.75. The van der Waals surface area contributed by atoms with Crippen LogP contribution in [-0.4, -0.2) is 24.7 Å². The molecule has 2 atom stereocenters. The maximum atomic E-state index is 10.9. The third kappa shape index (κ3) is 3.85. The Balaban J connectivity index is 2.03. The Labute approximate surface area is 124 Å². The standard InChI is InChI=1S/C15H22N2O4/c1-2-20-15-8-13(6-7-14(15)17(18)19)21-10-12-5-3-4-11(12)9-16/h6-8,11-12H,2-5,9-10,16H2,1H3. The van der Waals surface area contributed by atoms with Crippen molar-refractivity contribution in [1.82, 2.24) is 0 Å². The lowest BCUT2D eigenvalue weighted by Crippen LogP contribution is -2.23. The van der Waals surface area contributed by atoms with Crippen LogP contribution in [-0.2, 0) is 0 Å². The average molecular weight is 294 g/mol. The molecule has 6 heteroatoms. The minimum atomic E-state index is -0.448. The second-order valence-electron chi connectivity index (χ2n) is 5.32. The van der Waals surface area contributed by atoms with E-state index in [0.29, 0.717) is 37.3 Å². The molecule has 6 nitrogen and oxygen atoms in total. The van der Waals surface area contributed by atoms with E-state index < -0.39 is 4.92 Å². The number of hydrogen-bond donors (Lipinski definition) is 1. The Hall–Kier alpha value is -1.82. The van der Waals surface area contributed by atoms with Crippen LogP contribution in [0, 0.1) is 22.0 Å². The van der Waals surface area contributed by atoms with E-state index in [1.165, 1.54) is 12.5 Å². The first-order valence-corrected chi connectivity index (χ1v) is 7.39. The Morgan fingerprint density at radius 3 is 2.76 bits per heavy atom. The zero-order valence-electron chi connectivity index (χ0n) is 12.3. The zero-order valence-corrected chi connectivity index (χ0v) is 12.3. The summed E-state index contributed by atoms with van der Waals surface area (Å²) in [7, 11) is 0. The third-order valence-corrected chi connectivity index (χ3v) is 4.01. The lowest BCUT2D eigenvalue weighted by Gasteiger charge is -2.18. The van der Waals surface area contributed by atoms with E-state index in [2.05, 4.69) is 0 Å². The van der Waals surface area contributed by atoms with Gasteiger partial charge in [-0.05, 0) is 44.2 Å². The van der Waals surface area contributed by atoms with Gasteiger partial charge in [-0.25, -0.2) is 0 Å². The van der Waals surface area contributed by atoms with Crippen molar-refractivity contribution >= 4 is 5.69 Å². The molecule has 2 rings (SSSR count). The number of nitro benzene ring substituents is 1. The van der Waals surface area contributed by atoms with Crippen LogP contribution < -0.4 is 15.2 Å². The van der Waals surface area contributed by atoms with Gasteiger partial charge in [0.05, 0.1) is 18.1 Å². The van der Waals surface area contributed by atoms with Gasteiger partial charge in [0, 0.05) is 12.1 Å². The van der Waals surface area contributed by atoms with Crippen LogP contribution in [0.25, 0.3) is 0 Å². The molecular formula is C15H22N2O4. The largest absolute Gasteiger partial charge is 0.493 e. The normalized spacial score (nSPS) is 21.2. The molecule has 1 aliphatic carbocycles. The van der Waals surface area contributed by atoms with Crippen LogP contribution >= 0.6 is 0 Å². The quantitative estimate of drug-likeness (QED) is 0.617. The van der Waals surface area contributed by atoms with Crippen LogP contribution in [0.15, 0.2) is 18.2 Å². The van der Waals surface area contributed by atoms with Gasteiger partial charge in [0.2, 0.25) is 5.75 Å². The maximum Gasteiger partial charge on any atom is 0.311 e. The number of nitrogens with two attached hydrogens (primary N) is 1. The fourth-order valence-electron chi connectivity index (χ4n) is 2.85. The molecule has 0 amide bonds. The Morgan fingerprint density at radius 1 is 1.33 bits per heavy atom. The highest BCUT2D eigenvalue weighted by atomic mass is 16.6. The van der Waals surface area contributed by atoms with E-state index in [1.54, 1.807) is 19.1 Å². The molecule has 21 heavy (non-hydrogen) atoms. The number of nitrogens with zero attached hydrogens (tertiary/aromatic N) is 1. The summed E-state index contributed by atoms with van der Waals surface area (Å²) in [6.07, 6.45) is 3.49. The summed E-state index contributed by atoms with van der Waals surface area (Å²) in [6, 6.07) is 4.64. The van der Waals surface area contributed by atoms with Crippen LogP contribution in [0.4, 0.5) is 5.69 Å². The summed E-state index contributed by atoms with van der Waals surface area (Å²) in [5.74, 6) is 1.85. The highest BCUT2D eigenvalue weighted by molar-refractivity contribution is 5.50. The molecule has 0 aromatic heterocycles. The zero-order chi connectivity index (χ0) is 15.2. The van der Waals surface area contributed by atoms with E-state index in [9.17, 15) is 10.1 Å². The number of benzene rings is 1. The van der Waals surface area contributed by atoms with Gasteiger partial charge in [0.1, 0.15) is 5.75 Å². The van der Waals surface area contributed by atoms with Gasteiger partial charge in [0.15, 0.2) is 0 Å². The minimum absolute atomic E-state index is 0.0371. The van der Waals surface area contributed by atoms with E-state index in [-0.39, 0.29) is 11.4 Å². The number of hydrogen-bond acceptors (Lipinski definition) is 5. The molecule has 1 aliphatic rings. The van der Waals surface area contributed by atoms with Gasteiger partial charge < -0.3 is 15.2 Å². The molecule has 1 fully saturated rings. The summed E-state index contributed by atoms with van der Waals surface area (Å²) < 4.78 is 11.1. The Bertz CT molecular complexity index is 493. The van der Waals surface area contributed by atoms with Crippen molar-refractivity contribution in [3.05, 3.63) is 28.3 Å². The molecule has 2 N–H and O–H groups in total. The predicted molar refractivity (Wildman–Crippen MR) is 79.6 cm³/mol. The van der Waals surface area contributed by atoms with Crippen molar-refractivity contribution in [3.63, 3.8) is 0 Å². The molecule has 0 spiro atoms. The molecular weight excluding hydrogens is 272 g/mol. The first-order chi connectivity index (χ1) is 10.2. The van der Waals surface area contributed by atoms with Gasteiger partial charge in [-0.1, -0.05) is 6.42 Å². The number of nitro groups is 1. The lowest BCUT2D eigenvalue weighted by molar-refractivity contribution is -0.385. The molecule has 116 valence electrons. The van der Waals surface area contributed by atoms with Crippen LogP contribution in [0.1, 0.15) is 26.2 Å².